The maximum absolute atomic E-state index is 14.0. The van der Waals surface area contributed by atoms with Gasteiger partial charge in [0.25, 0.3) is 6.43 Å². The minimum Gasteiger partial charge on any atom is -0.335 e. The fourth-order valence-corrected chi connectivity index (χ4v) is 2.57. The van der Waals surface area contributed by atoms with Gasteiger partial charge in [0.15, 0.2) is 0 Å². The molecule has 0 saturated carbocycles. The van der Waals surface area contributed by atoms with E-state index in [1.807, 2.05) is 0 Å². The molecular weight excluding hydrogens is 399 g/mol. The van der Waals surface area contributed by atoms with Crippen molar-refractivity contribution in [3.05, 3.63) is 63.0 Å². The van der Waals surface area contributed by atoms with Gasteiger partial charge in [0, 0.05) is 20.2 Å². The van der Waals surface area contributed by atoms with Gasteiger partial charge in [-0.05, 0) is 46.3 Å². The molecule has 1 aromatic rings. The lowest BCUT2D eigenvalue weighted by Gasteiger charge is -2.31. The van der Waals surface area contributed by atoms with Crippen LogP contribution in [-0.2, 0) is 0 Å². The Kier molecular flexibility index (Phi) is 4.75. The van der Waals surface area contributed by atoms with Crippen molar-refractivity contribution in [1.29, 1.82) is 0 Å². The predicted octanol–water partition coefficient (Wildman–Crippen LogP) is 5.30. The number of rotatable bonds is 3. The van der Waals surface area contributed by atoms with Crippen molar-refractivity contribution in [2.75, 3.05) is 6.54 Å². The molecule has 20 heavy (non-hydrogen) atoms. The van der Waals surface area contributed by atoms with E-state index in [2.05, 4.69) is 38.4 Å². The SMILES string of the molecule is C=C1C(Br)=CC=C(c2ccc(Br)cc2F)N1CC(F)F. The van der Waals surface area contributed by atoms with Gasteiger partial charge < -0.3 is 4.90 Å². The smallest absolute Gasteiger partial charge is 0.256 e. The highest BCUT2D eigenvalue weighted by Gasteiger charge is 2.24. The zero-order chi connectivity index (χ0) is 14.9. The van der Waals surface area contributed by atoms with Crippen molar-refractivity contribution in [1.82, 2.24) is 4.90 Å². The maximum Gasteiger partial charge on any atom is 0.256 e. The van der Waals surface area contributed by atoms with Gasteiger partial charge in [-0.15, -0.1) is 0 Å². The molecule has 0 saturated heterocycles. The van der Waals surface area contributed by atoms with E-state index in [1.54, 1.807) is 24.3 Å². The molecule has 6 heteroatoms. The third-order valence-electron chi connectivity index (χ3n) is 2.81. The molecule has 0 amide bonds. The molecule has 0 radical (unpaired) electrons. The summed E-state index contributed by atoms with van der Waals surface area (Å²) in [5.74, 6) is -0.482. The van der Waals surface area contributed by atoms with Crippen LogP contribution in [-0.4, -0.2) is 17.9 Å². The van der Waals surface area contributed by atoms with Gasteiger partial charge in [-0.3, -0.25) is 0 Å². The average Bonchev–Trinajstić information content (AvgIpc) is 2.36. The van der Waals surface area contributed by atoms with Gasteiger partial charge in [-0.25, -0.2) is 13.2 Å². The maximum atomic E-state index is 14.0. The number of benzene rings is 1. The topological polar surface area (TPSA) is 3.24 Å². The molecule has 1 aliphatic rings. The monoisotopic (exact) mass is 407 g/mol. The van der Waals surface area contributed by atoms with Gasteiger partial charge in [-0.1, -0.05) is 22.5 Å². The molecule has 1 heterocycles. The molecule has 1 aliphatic heterocycles. The molecule has 0 fully saturated rings. The van der Waals surface area contributed by atoms with Gasteiger partial charge in [0.1, 0.15) is 5.82 Å². The summed E-state index contributed by atoms with van der Waals surface area (Å²) in [5, 5.41) is 0. The average molecular weight is 409 g/mol. The molecule has 0 aromatic heterocycles. The van der Waals surface area contributed by atoms with Crippen molar-refractivity contribution in [2.24, 2.45) is 0 Å². The van der Waals surface area contributed by atoms with Crippen molar-refractivity contribution in [3.8, 4) is 0 Å². The molecular formula is C14H10Br2F3N. The number of nitrogens with zero attached hydrogens (tertiary/aromatic N) is 1. The molecule has 106 valence electrons. The fourth-order valence-electron chi connectivity index (χ4n) is 1.89. The zero-order valence-corrected chi connectivity index (χ0v) is 13.4. The Bertz CT molecular complexity index is 608. The third kappa shape index (κ3) is 3.17. The minimum atomic E-state index is -2.55. The van der Waals surface area contributed by atoms with Crippen LogP contribution >= 0.6 is 31.9 Å². The molecule has 0 N–H and O–H groups in total. The Morgan fingerprint density at radius 1 is 1.20 bits per heavy atom. The van der Waals surface area contributed by atoms with E-state index in [1.165, 1.54) is 11.0 Å². The van der Waals surface area contributed by atoms with Gasteiger partial charge in [-0.2, -0.15) is 0 Å². The van der Waals surface area contributed by atoms with Crippen LogP contribution in [0.15, 0.2) is 51.6 Å². The predicted molar refractivity (Wildman–Crippen MR) is 80.9 cm³/mol. The number of hydrogen-bond donors (Lipinski definition) is 0. The van der Waals surface area contributed by atoms with E-state index >= 15 is 0 Å². The minimum absolute atomic E-state index is 0.256. The molecule has 0 atom stereocenters. The lowest BCUT2D eigenvalue weighted by molar-refractivity contribution is 0.123. The van der Waals surface area contributed by atoms with Crippen LogP contribution in [0, 0.1) is 5.82 Å². The van der Waals surface area contributed by atoms with Gasteiger partial charge in [0.2, 0.25) is 0 Å². The molecule has 1 nitrogen and oxygen atoms in total. The van der Waals surface area contributed by atoms with E-state index in [0.29, 0.717) is 20.3 Å². The van der Waals surface area contributed by atoms with Crippen molar-refractivity contribution in [2.45, 2.75) is 6.43 Å². The summed E-state index contributed by atoms with van der Waals surface area (Å²) in [5.41, 5.74) is 1.000. The summed E-state index contributed by atoms with van der Waals surface area (Å²) >= 11 is 6.41. The van der Waals surface area contributed by atoms with E-state index in [9.17, 15) is 13.2 Å². The Labute approximate surface area is 131 Å². The van der Waals surface area contributed by atoms with Crippen LogP contribution < -0.4 is 0 Å². The molecule has 2 rings (SSSR count). The first kappa shape index (κ1) is 15.4. The van der Waals surface area contributed by atoms with Crippen molar-refractivity contribution in [3.63, 3.8) is 0 Å². The molecule has 0 unspecified atom stereocenters. The Balaban J connectivity index is 2.48. The van der Waals surface area contributed by atoms with Gasteiger partial charge in [0.05, 0.1) is 12.2 Å². The first-order valence-corrected chi connectivity index (χ1v) is 7.26. The first-order valence-electron chi connectivity index (χ1n) is 5.68. The Morgan fingerprint density at radius 2 is 1.90 bits per heavy atom. The lowest BCUT2D eigenvalue weighted by atomic mass is 10.1. The molecule has 1 aromatic carbocycles. The summed E-state index contributed by atoms with van der Waals surface area (Å²) < 4.78 is 40.7. The second kappa shape index (κ2) is 6.18. The molecule has 0 spiro atoms. The van der Waals surface area contributed by atoms with Crippen LogP contribution in [0.2, 0.25) is 0 Å². The highest BCUT2D eigenvalue weighted by Crippen LogP contribution is 2.35. The third-order valence-corrected chi connectivity index (χ3v) is 4.02. The van der Waals surface area contributed by atoms with E-state index in [0.717, 1.165) is 0 Å². The van der Waals surface area contributed by atoms with Crippen molar-refractivity contribution < 1.29 is 13.2 Å². The van der Waals surface area contributed by atoms with Crippen LogP contribution in [0.1, 0.15) is 5.56 Å². The second-order valence-corrected chi connectivity index (χ2v) is 5.91. The van der Waals surface area contributed by atoms with Crippen LogP contribution in [0.3, 0.4) is 0 Å². The highest BCUT2D eigenvalue weighted by atomic mass is 79.9. The summed E-state index contributed by atoms with van der Waals surface area (Å²) in [7, 11) is 0. The Morgan fingerprint density at radius 3 is 2.50 bits per heavy atom. The van der Waals surface area contributed by atoms with Crippen LogP contribution in [0.5, 0.6) is 0 Å². The number of allylic oxidation sites excluding steroid dienone is 3. The number of alkyl halides is 2. The lowest BCUT2D eigenvalue weighted by Crippen LogP contribution is -2.28. The van der Waals surface area contributed by atoms with E-state index in [4.69, 9.17) is 0 Å². The highest BCUT2D eigenvalue weighted by molar-refractivity contribution is 9.12. The van der Waals surface area contributed by atoms with Crippen LogP contribution in [0.4, 0.5) is 13.2 Å². The normalized spacial score (nSPS) is 15.5. The summed E-state index contributed by atoms with van der Waals surface area (Å²) in [6.07, 6.45) is 0.709. The van der Waals surface area contributed by atoms with E-state index < -0.39 is 18.8 Å². The van der Waals surface area contributed by atoms with Crippen LogP contribution in [0.25, 0.3) is 5.70 Å². The van der Waals surface area contributed by atoms with E-state index in [-0.39, 0.29) is 5.56 Å². The number of hydrogen-bond acceptors (Lipinski definition) is 1. The Hall–Kier alpha value is -1.01. The summed E-state index contributed by atoms with van der Waals surface area (Å²) in [6.45, 7) is 3.22. The standard InChI is InChI=1S/C14H10Br2F3N/c1-8-11(16)4-5-13(20(8)7-14(18)19)10-3-2-9(15)6-12(10)17/h2-6,14H,1,7H2. The largest absolute Gasteiger partial charge is 0.335 e. The summed E-state index contributed by atoms with van der Waals surface area (Å²) in [6, 6.07) is 4.51. The molecule has 0 aliphatic carbocycles. The zero-order valence-electron chi connectivity index (χ0n) is 10.2. The summed E-state index contributed by atoms with van der Waals surface area (Å²) in [4.78, 5) is 1.31. The van der Waals surface area contributed by atoms with Crippen molar-refractivity contribution >= 4 is 37.6 Å². The fraction of sp³-hybridized carbons (Fsp3) is 0.143. The molecule has 0 bridgehead atoms. The quantitative estimate of drug-likeness (QED) is 0.655. The second-order valence-electron chi connectivity index (χ2n) is 4.14. The first-order chi connectivity index (χ1) is 9.40. The number of halogens is 5. The van der Waals surface area contributed by atoms with Gasteiger partial charge >= 0.3 is 0 Å².